The Hall–Kier alpha value is -3.88. The van der Waals surface area contributed by atoms with Gasteiger partial charge in [0.1, 0.15) is 12.1 Å². The second-order valence-electron chi connectivity index (χ2n) is 7.84. The highest BCUT2D eigenvalue weighted by atomic mass is 16.5. The van der Waals surface area contributed by atoms with Crippen molar-refractivity contribution >= 4 is 29.3 Å². The number of imide groups is 1. The first kappa shape index (κ1) is 21.4. The molecule has 2 heterocycles. The Labute approximate surface area is 184 Å². The summed E-state index contributed by atoms with van der Waals surface area (Å²) in [6.45, 7) is 3.58. The second-order valence-corrected chi connectivity index (χ2v) is 7.84. The number of hydrogen-bond donors (Lipinski definition) is 2. The van der Waals surface area contributed by atoms with Crippen LogP contribution in [-0.2, 0) is 15.1 Å². The lowest BCUT2D eigenvalue weighted by Gasteiger charge is -2.23. The minimum absolute atomic E-state index is 0.138. The fraction of sp³-hybridized carbons (Fsp3) is 0.304. The number of fused-ring (bicyclic) bond motifs is 1. The van der Waals surface area contributed by atoms with Gasteiger partial charge in [-0.05, 0) is 43.7 Å². The van der Waals surface area contributed by atoms with Crippen LogP contribution in [0.2, 0.25) is 0 Å². The van der Waals surface area contributed by atoms with E-state index in [-0.39, 0.29) is 5.78 Å². The third-order valence-electron chi connectivity index (χ3n) is 5.45. The minimum atomic E-state index is -1.35. The molecule has 4 rings (SSSR count). The van der Waals surface area contributed by atoms with Crippen LogP contribution < -0.4 is 20.1 Å². The number of anilines is 1. The molecule has 2 aromatic carbocycles. The monoisotopic (exact) mass is 437 g/mol. The van der Waals surface area contributed by atoms with Crippen molar-refractivity contribution in [1.82, 2.24) is 10.2 Å². The van der Waals surface area contributed by atoms with Crippen molar-refractivity contribution in [1.29, 1.82) is 0 Å². The minimum Gasteiger partial charge on any atom is -0.490 e. The number of carbonyl (C=O) groups is 4. The molecule has 1 atom stereocenters. The van der Waals surface area contributed by atoms with Crippen LogP contribution in [0.25, 0.3) is 0 Å². The quantitative estimate of drug-likeness (QED) is 0.549. The summed E-state index contributed by atoms with van der Waals surface area (Å²) < 4.78 is 11.3. The number of urea groups is 1. The van der Waals surface area contributed by atoms with Gasteiger partial charge in [-0.2, -0.15) is 0 Å². The van der Waals surface area contributed by atoms with Crippen LogP contribution in [0.4, 0.5) is 10.5 Å². The number of benzene rings is 2. The molecule has 9 nitrogen and oxygen atoms in total. The standard InChI is InChI=1S/C23H23N3O6/c1-14(27)15-5-3-6-17(11-15)24-20(28)13-26-21(29)23(2,25-22(26)30)16-7-8-18-19(12-16)32-10-4-9-31-18/h3,5-8,11-12H,4,9-10,13H2,1-2H3,(H,24,28)(H,25,30)/t23-/m1/s1. The van der Waals surface area contributed by atoms with Crippen molar-refractivity contribution in [2.45, 2.75) is 25.8 Å². The van der Waals surface area contributed by atoms with E-state index in [0.29, 0.717) is 41.5 Å². The van der Waals surface area contributed by atoms with Gasteiger partial charge < -0.3 is 20.1 Å². The number of Topliss-reactive ketones (excluding diaryl/α,β-unsaturated/α-hetero) is 1. The molecular weight excluding hydrogens is 414 g/mol. The molecule has 0 aliphatic carbocycles. The van der Waals surface area contributed by atoms with Gasteiger partial charge in [0, 0.05) is 17.7 Å². The number of nitrogens with one attached hydrogen (secondary N) is 2. The van der Waals surface area contributed by atoms with E-state index in [0.717, 1.165) is 11.3 Å². The van der Waals surface area contributed by atoms with E-state index < -0.39 is 29.9 Å². The third kappa shape index (κ3) is 4.01. The number of nitrogens with zero attached hydrogens (tertiary/aromatic N) is 1. The molecule has 0 unspecified atom stereocenters. The summed E-state index contributed by atoms with van der Waals surface area (Å²) in [5.74, 6) is -0.164. The Morgan fingerprint density at radius 1 is 1.09 bits per heavy atom. The van der Waals surface area contributed by atoms with Gasteiger partial charge in [-0.3, -0.25) is 19.3 Å². The van der Waals surface area contributed by atoms with Gasteiger partial charge in [-0.25, -0.2) is 4.79 Å². The molecule has 2 aliphatic rings. The molecule has 0 spiro atoms. The lowest BCUT2D eigenvalue weighted by Crippen LogP contribution is -2.42. The summed E-state index contributed by atoms with van der Waals surface area (Å²) in [6, 6.07) is 10.8. The summed E-state index contributed by atoms with van der Waals surface area (Å²) in [4.78, 5) is 50.6. The van der Waals surface area contributed by atoms with Crippen molar-refractivity contribution in [3.63, 3.8) is 0 Å². The normalized spacial score (nSPS) is 19.9. The molecule has 9 heteroatoms. The smallest absolute Gasteiger partial charge is 0.325 e. The molecule has 4 amide bonds. The number of rotatable bonds is 5. The zero-order valence-corrected chi connectivity index (χ0v) is 17.8. The summed E-state index contributed by atoms with van der Waals surface area (Å²) in [6.07, 6.45) is 0.745. The van der Waals surface area contributed by atoms with Gasteiger partial charge in [-0.15, -0.1) is 0 Å². The lowest BCUT2D eigenvalue weighted by atomic mass is 9.91. The van der Waals surface area contributed by atoms with Crippen molar-refractivity contribution in [3.05, 3.63) is 53.6 Å². The van der Waals surface area contributed by atoms with Crippen molar-refractivity contribution < 1.29 is 28.7 Å². The molecular formula is C23H23N3O6. The van der Waals surface area contributed by atoms with Crippen LogP contribution in [0.15, 0.2) is 42.5 Å². The number of ketones is 1. The molecule has 1 saturated heterocycles. The van der Waals surface area contributed by atoms with E-state index in [1.165, 1.54) is 13.0 Å². The first-order valence-electron chi connectivity index (χ1n) is 10.2. The Balaban J connectivity index is 1.50. The molecule has 32 heavy (non-hydrogen) atoms. The first-order chi connectivity index (χ1) is 15.3. The van der Waals surface area contributed by atoms with Crippen LogP contribution in [0.1, 0.15) is 36.2 Å². The largest absolute Gasteiger partial charge is 0.490 e. The Morgan fingerprint density at radius 2 is 1.84 bits per heavy atom. The highest BCUT2D eigenvalue weighted by molar-refractivity contribution is 6.10. The maximum Gasteiger partial charge on any atom is 0.325 e. The van der Waals surface area contributed by atoms with E-state index in [2.05, 4.69) is 10.6 Å². The summed E-state index contributed by atoms with van der Waals surface area (Å²) >= 11 is 0. The first-order valence-corrected chi connectivity index (χ1v) is 10.2. The van der Waals surface area contributed by atoms with Crippen molar-refractivity contribution in [3.8, 4) is 11.5 Å². The molecule has 166 valence electrons. The van der Waals surface area contributed by atoms with E-state index >= 15 is 0 Å². The highest BCUT2D eigenvalue weighted by Gasteiger charge is 2.49. The Morgan fingerprint density at radius 3 is 2.59 bits per heavy atom. The van der Waals surface area contributed by atoms with Gasteiger partial charge >= 0.3 is 6.03 Å². The molecule has 0 bridgehead atoms. The van der Waals surface area contributed by atoms with Gasteiger partial charge in [-0.1, -0.05) is 18.2 Å². The second kappa shape index (κ2) is 8.33. The van der Waals surface area contributed by atoms with E-state index in [1.54, 1.807) is 43.3 Å². The zero-order chi connectivity index (χ0) is 22.9. The Bertz CT molecular complexity index is 1110. The van der Waals surface area contributed by atoms with E-state index in [9.17, 15) is 19.2 Å². The third-order valence-corrected chi connectivity index (χ3v) is 5.45. The molecule has 0 radical (unpaired) electrons. The van der Waals surface area contributed by atoms with Crippen LogP contribution in [-0.4, -0.2) is 48.3 Å². The van der Waals surface area contributed by atoms with Gasteiger partial charge in [0.25, 0.3) is 5.91 Å². The number of amides is 4. The number of carbonyl (C=O) groups excluding carboxylic acids is 4. The van der Waals surface area contributed by atoms with Gasteiger partial charge in [0.05, 0.1) is 13.2 Å². The lowest BCUT2D eigenvalue weighted by molar-refractivity contribution is -0.133. The van der Waals surface area contributed by atoms with Crippen LogP contribution in [0.5, 0.6) is 11.5 Å². The zero-order valence-electron chi connectivity index (χ0n) is 17.8. The summed E-state index contributed by atoms with van der Waals surface area (Å²) in [5, 5.41) is 5.30. The summed E-state index contributed by atoms with van der Waals surface area (Å²) in [7, 11) is 0. The molecule has 2 aromatic rings. The molecule has 2 aliphatic heterocycles. The molecule has 1 fully saturated rings. The Kier molecular flexibility index (Phi) is 5.56. The average Bonchev–Trinajstić information content (AvgIpc) is 2.93. The fourth-order valence-corrected chi connectivity index (χ4v) is 3.67. The summed E-state index contributed by atoms with van der Waals surface area (Å²) in [5.41, 5.74) is 0.0220. The number of hydrogen-bond acceptors (Lipinski definition) is 6. The van der Waals surface area contributed by atoms with Crippen LogP contribution in [0.3, 0.4) is 0 Å². The predicted molar refractivity (Wildman–Crippen MR) is 115 cm³/mol. The van der Waals surface area contributed by atoms with Gasteiger partial charge in [0.2, 0.25) is 5.91 Å². The molecule has 0 aromatic heterocycles. The average molecular weight is 437 g/mol. The van der Waals surface area contributed by atoms with Crippen LogP contribution in [0, 0.1) is 0 Å². The maximum atomic E-state index is 13.2. The number of ether oxygens (including phenoxy) is 2. The fourth-order valence-electron chi connectivity index (χ4n) is 3.67. The van der Waals surface area contributed by atoms with Crippen molar-refractivity contribution in [2.24, 2.45) is 0 Å². The van der Waals surface area contributed by atoms with E-state index in [4.69, 9.17) is 9.47 Å². The van der Waals surface area contributed by atoms with Crippen LogP contribution >= 0.6 is 0 Å². The molecule has 0 saturated carbocycles. The molecule has 2 N–H and O–H groups in total. The SMILES string of the molecule is CC(=O)c1cccc(NC(=O)CN2C(=O)N[C@](C)(c3ccc4c(c3)OCCCO4)C2=O)c1. The highest BCUT2D eigenvalue weighted by Crippen LogP contribution is 2.36. The van der Waals surface area contributed by atoms with E-state index in [1.807, 2.05) is 0 Å². The predicted octanol–water partition coefficient (Wildman–Crippen LogP) is 2.46. The van der Waals surface area contributed by atoms with Crippen molar-refractivity contribution in [2.75, 3.05) is 25.1 Å². The van der Waals surface area contributed by atoms with Gasteiger partial charge in [0.15, 0.2) is 17.3 Å². The maximum absolute atomic E-state index is 13.2. The topological polar surface area (TPSA) is 114 Å².